The maximum absolute atomic E-state index is 12.1. The Morgan fingerprint density at radius 2 is 2.05 bits per heavy atom. The van der Waals surface area contributed by atoms with Gasteiger partial charge in [-0.1, -0.05) is 36.4 Å². The zero-order valence-corrected chi connectivity index (χ0v) is 22.3. The number of thiazole rings is 1. The number of carbonyl (C=O) groups excluding carboxylic acids is 1. The van der Waals surface area contributed by atoms with E-state index in [1.807, 2.05) is 41.6 Å². The Kier molecular flexibility index (Phi) is 5.93. The topological polar surface area (TPSA) is 76.4 Å². The quantitative estimate of drug-likeness (QED) is 0.450. The molecule has 0 saturated carbocycles. The van der Waals surface area contributed by atoms with Crippen LogP contribution >= 0.6 is 22.9 Å². The van der Waals surface area contributed by atoms with E-state index in [0.29, 0.717) is 17.1 Å². The van der Waals surface area contributed by atoms with Crippen LogP contribution in [0.25, 0.3) is 11.1 Å². The highest BCUT2D eigenvalue weighted by atomic mass is 35.5. The normalized spacial score (nSPS) is 17.9. The number of fused-ring (bicyclic) bond motifs is 1. The molecule has 9 heteroatoms. The highest BCUT2D eigenvalue weighted by molar-refractivity contribution is 7.14. The second-order valence-corrected chi connectivity index (χ2v) is 11.4. The van der Waals surface area contributed by atoms with Gasteiger partial charge in [0.05, 0.1) is 23.4 Å². The molecular formula is C28H27ClN6OS. The Hall–Kier alpha value is -3.41. The van der Waals surface area contributed by atoms with Crippen molar-refractivity contribution in [2.45, 2.75) is 26.3 Å². The van der Waals surface area contributed by atoms with E-state index in [9.17, 15) is 10.1 Å². The summed E-state index contributed by atoms with van der Waals surface area (Å²) >= 11 is 8.35. The van der Waals surface area contributed by atoms with E-state index in [1.165, 1.54) is 11.1 Å². The molecule has 3 aliphatic rings. The number of aryl methyl sites for hydroxylation is 1. The number of pyridine rings is 1. The van der Waals surface area contributed by atoms with E-state index < -0.39 is 0 Å². The summed E-state index contributed by atoms with van der Waals surface area (Å²) in [5, 5.41) is 12.3. The lowest BCUT2D eigenvalue weighted by Gasteiger charge is -2.47. The van der Waals surface area contributed by atoms with E-state index >= 15 is 0 Å². The van der Waals surface area contributed by atoms with Crippen LogP contribution in [0.3, 0.4) is 0 Å². The van der Waals surface area contributed by atoms with Crippen LogP contribution in [0.5, 0.6) is 0 Å². The van der Waals surface area contributed by atoms with Crippen LogP contribution < -0.4 is 9.80 Å². The molecular weight excluding hydrogens is 504 g/mol. The third kappa shape index (κ3) is 3.97. The maximum atomic E-state index is 12.1. The first-order chi connectivity index (χ1) is 17.9. The molecule has 0 N–H and O–H groups in total. The second-order valence-electron chi connectivity index (χ2n) is 10.2. The van der Waals surface area contributed by atoms with Gasteiger partial charge in [0, 0.05) is 54.3 Å². The number of hydrogen-bond acceptors (Lipinski definition) is 7. The minimum Gasteiger partial charge on any atom is -0.356 e. The summed E-state index contributed by atoms with van der Waals surface area (Å²) in [6, 6.07) is 10.3. The third-order valence-corrected chi connectivity index (χ3v) is 9.19. The fraction of sp³-hybridized carbons (Fsp3) is 0.357. The van der Waals surface area contributed by atoms with Gasteiger partial charge in [0.2, 0.25) is 5.91 Å². The average molecular weight is 531 g/mol. The van der Waals surface area contributed by atoms with Crippen LogP contribution in [0.15, 0.2) is 42.4 Å². The number of amides is 1. The molecule has 3 aromatic rings. The number of hydrogen-bond donors (Lipinski definition) is 0. The highest BCUT2D eigenvalue weighted by Crippen LogP contribution is 2.45. The zero-order valence-electron chi connectivity index (χ0n) is 20.7. The van der Waals surface area contributed by atoms with Gasteiger partial charge < -0.3 is 14.7 Å². The van der Waals surface area contributed by atoms with Gasteiger partial charge in [-0.2, -0.15) is 5.26 Å². The number of likely N-dealkylation sites (tertiary alicyclic amines) is 1. The van der Waals surface area contributed by atoms with Gasteiger partial charge in [-0.15, -0.1) is 11.3 Å². The smallest absolute Gasteiger partial charge is 0.245 e. The first-order valence-corrected chi connectivity index (χ1v) is 13.7. The number of halogens is 1. The van der Waals surface area contributed by atoms with Crippen molar-refractivity contribution in [2.75, 3.05) is 42.5 Å². The SMILES string of the molecule is C=CC(=O)N1CC2(CCN(c3nc4c(c(-c5ccccc5Cl)c3C#N)CCN(c3scnc3C)C4)C2)C1. The summed E-state index contributed by atoms with van der Waals surface area (Å²) in [7, 11) is 0. The van der Waals surface area contributed by atoms with Crippen LogP contribution in [0.2, 0.25) is 5.02 Å². The number of aromatic nitrogens is 2. The Balaban J connectivity index is 1.42. The molecule has 0 atom stereocenters. The molecule has 0 bridgehead atoms. The molecule has 0 radical (unpaired) electrons. The fourth-order valence-corrected chi connectivity index (χ4v) is 7.12. The lowest BCUT2D eigenvalue weighted by atomic mass is 9.79. The van der Waals surface area contributed by atoms with E-state index in [-0.39, 0.29) is 11.3 Å². The molecule has 2 aromatic heterocycles. The summed E-state index contributed by atoms with van der Waals surface area (Å²) in [5.74, 6) is 0.706. The van der Waals surface area contributed by atoms with Gasteiger partial charge >= 0.3 is 0 Å². The summed E-state index contributed by atoms with van der Waals surface area (Å²) in [5.41, 5.74) is 7.42. The van der Waals surface area contributed by atoms with Gasteiger partial charge in [0.15, 0.2) is 0 Å². The van der Waals surface area contributed by atoms with Gasteiger partial charge in [0.25, 0.3) is 0 Å². The molecule has 2 fully saturated rings. The van der Waals surface area contributed by atoms with Crippen molar-refractivity contribution >= 4 is 39.7 Å². The predicted molar refractivity (Wildman–Crippen MR) is 147 cm³/mol. The van der Waals surface area contributed by atoms with E-state index in [2.05, 4.69) is 27.4 Å². The molecule has 188 valence electrons. The molecule has 1 aromatic carbocycles. The predicted octanol–water partition coefficient (Wildman–Crippen LogP) is 4.83. The van der Waals surface area contributed by atoms with Crippen LogP contribution in [0, 0.1) is 23.7 Å². The van der Waals surface area contributed by atoms with Gasteiger partial charge in [0.1, 0.15) is 22.5 Å². The number of carbonyl (C=O) groups is 1. The second kappa shape index (κ2) is 9.16. The Labute approximate surface area is 225 Å². The van der Waals surface area contributed by atoms with Crippen molar-refractivity contribution in [3.05, 3.63) is 70.0 Å². The van der Waals surface area contributed by atoms with Crippen molar-refractivity contribution in [1.29, 1.82) is 5.26 Å². The van der Waals surface area contributed by atoms with Gasteiger partial charge in [-0.3, -0.25) is 4.79 Å². The number of nitriles is 1. The van der Waals surface area contributed by atoms with Crippen molar-refractivity contribution in [2.24, 2.45) is 5.41 Å². The van der Waals surface area contributed by atoms with Crippen LogP contribution in [0.4, 0.5) is 10.8 Å². The largest absolute Gasteiger partial charge is 0.356 e. The zero-order chi connectivity index (χ0) is 25.7. The fourth-order valence-electron chi connectivity index (χ4n) is 6.06. The summed E-state index contributed by atoms with van der Waals surface area (Å²) in [6.07, 6.45) is 3.12. The van der Waals surface area contributed by atoms with Crippen molar-refractivity contribution < 1.29 is 4.79 Å². The highest BCUT2D eigenvalue weighted by Gasteiger charge is 2.49. The van der Waals surface area contributed by atoms with Crippen molar-refractivity contribution in [1.82, 2.24) is 14.9 Å². The lowest BCUT2D eigenvalue weighted by molar-refractivity contribution is -0.136. The molecule has 1 amide bonds. The number of anilines is 2. The van der Waals surface area contributed by atoms with Crippen LogP contribution in [-0.4, -0.2) is 53.5 Å². The monoisotopic (exact) mass is 530 g/mol. The molecule has 3 aliphatic heterocycles. The molecule has 1 spiro atoms. The third-order valence-electron chi connectivity index (χ3n) is 7.88. The first kappa shape index (κ1) is 24.0. The molecule has 7 nitrogen and oxygen atoms in total. The summed E-state index contributed by atoms with van der Waals surface area (Å²) in [4.78, 5) is 28.1. The molecule has 2 saturated heterocycles. The van der Waals surface area contributed by atoms with Crippen molar-refractivity contribution in [3.8, 4) is 17.2 Å². The Bertz CT molecular complexity index is 1450. The minimum atomic E-state index is -0.0202. The summed E-state index contributed by atoms with van der Waals surface area (Å²) < 4.78 is 0. The number of rotatable bonds is 4. The maximum Gasteiger partial charge on any atom is 0.245 e. The molecule has 5 heterocycles. The minimum absolute atomic E-state index is 0.0202. The van der Waals surface area contributed by atoms with Crippen molar-refractivity contribution in [3.63, 3.8) is 0 Å². The van der Waals surface area contributed by atoms with E-state index in [0.717, 1.165) is 79.5 Å². The average Bonchev–Trinajstić information content (AvgIpc) is 3.53. The number of benzene rings is 1. The lowest BCUT2D eigenvalue weighted by Crippen LogP contribution is -2.59. The molecule has 37 heavy (non-hydrogen) atoms. The van der Waals surface area contributed by atoms with Crippen LogP contribution in [-0.2, 0) is 17.8 Å². The van der Waals surface area contributed by atoms with E-state index in [1.54, 1.807) is 11.3 Å². The Morgan fingerprint density at radius 3 is 2.76 bits per heavy atom. The van der Waals surface area contributed by atoms with E-state index in [4.69, 9.17) is 16.6 Å². The Morgan fingerprint density at radius 1 is 1.24 bits per heavy atom. The van der Waals surface area contributed by atoms with Gasteiger partial charge in [-0.05, 0) is 37.5 Å². The molecule has 0 aliphatic carbocycles. The summed E-state index contributed by atoms with van der Waals surface area (Å²) in [6.45, 7) is 10.2. The molecule has 6 rings (SSSR count). The first-order valence-electron chi connectivity index (χ1n) is 12.4. The number of nitrogens with zero attached hydrogens (tertiary/aromatic N) is 6. The van der Waals surface area contributed by atoms with Gasteiger partial charge in [-0.25, -0.2) is 9.97 Å². The molecule has 0 unspecified atom stereocenters. The van der Waals surface area contributed by atoms with Crippen LogP contribution in [0.1, 0.15) is 28.9 Å². The standard InChI is InChI=1S/C28H27ClN6OS/c1-3-24(36)35-15-28(16-35)9-11-34(14-28)26-21(12-30)25(19-6-4-5-7-22(19)29)20-8-10-33(13-23(20)32-26)27-18(2)31-17-37-27/h3-7,17H,1,8-11,13-16H2,2H3.